The predicted molar refractivity (Wildman–Crippen MR) is 45.2 cm³/mol. The Labute approximate surface area is 75.5 Å². The first kappa shape index (κ1) is 8.25. The van der Waals surface area contributed by atoms with E-state index in [1.807, 2.05) is 0 Å². The maximum Gasteiger partial charge on any atom is 0.273 e. The van der Waals surface area contributed by atoms with Gasteiger partial charge in [0.05, 0.1) is 0 Å². The van der Waals surface area contributed by atoms with E-state index >= 15 is 0 Å². The van der Waals surface area contributed by atoms with Gasteiger partial charge in [0.1, 0.15) is 6.26 Å². The Morgan fingerprint density at radius 1 is 1.77 bits per heavy atom. The quantitative estimate of drug-likeness (QED) is 0.661. The van der Waals surface area contributed by atoms with Gasteiger partial charge in [0.15, 0.2) is 5.69 Å². The van der Waals surface area contributed by atoms with Crippen molar-refractivity contribution in [1.82, 2.24) is 15.8 Å². The van der Waals surface area contributed by atoms with Crippen molar-refractivity contribution in [2.24, 2.45) is 0 Å². The molecule has 2 N–H and O–H groups in total. The number of hydrogen-bond acceptors (Lipinski definition) is 4. The highest BCUT2D eigenvalue weighted by atomic mass is 16.5. The Morgan fingerprint density at radius 3 is 3.31 bits per heavy atom. The molecule has 1 saturated heterocycles. The highest BCUT2D eigenvalue weighted by molar-refractivity contribution is 5.92. The smallest absolute Gasteiger partial charge is 0.273 e. The summed E-state index contributed by atoms with van der Waals surface area (Å²) in [6.07, 6.45) is 2.37. The molecular formula is C8H11N3O2. The van der Waals surface area contributed by atoms with E-state index in [9.17, 15) is 4.79 Å². The maximum atomic E-state index is 11.4. The summed E-state index contributed by atoms with van der Waals surface area (Å²) in [6.45, 7) is 1.80. The number of carbonyl (C=O) groups is 1. The van der Waals surface area contributed by atoms with Gasteiger partial charge in [0.25, 0.3) is 5.91 Å². The third kappa shape index (κ3) is 1.86. The van der Waals surface area contributed by atoms with E-state index < -0.39 is 0 Å². The number of nitrogens with one attached hydrogen (secondary N) is 2. The van der Waals surface area contributed by atoms with Crippen LogP contribution in [0.3, 0.4) is 0 Å². The molecule has 1 atom stereocenters. The fraction of sp³-hybridized carbons (Fsp3) is 0.500. The molecule has 0 aliphatic carbocycles. The Bertz CT molecular complexity index is 278. The number of nitrogens with zero attached hydrogens (tertiary/aromatic N) is 1. The summed E-state index contributed by atoms with van der Waals surface area (Å²) in [5, 5.41) is 9.57. The van der Waals surface area contributed by atoms with Crippen molar-refractivity contribution in [3.8, 4) is 0 Å². The van der Waals surface area contributed by atoms with Crippen molar-refractivity contribution in [3.05, 3.63) is 18.0 Å². The second-order valence-corrected chi connectivity index (χ2v) is 3.05. The fourth-order valence-electron chi connectivity index (χ4n) is 1.37. The molecule has 5 heteroatoms. The van der Waals surface area contributed by atoms with Gasteiger partial charge in [-0.25, -0.2) is 0 Å². The summed E-state index contributed by atoms with van der Waals surface area (Å²) in [7, 11) is 0. The molecule has 0 bridgehead atoms. The van der Waals surface area contributed by atoms with Crippen molar-refractivity contribution in [2.75, 3.05) is 13.1 Å². The van der Waals surface area contributed by atoms with E-state index in [-0.39, 0.29) is 11.9 Å². The molecule has 1 fully saturated rings. The molecule has 1 amide bonds. The van der Waals surface area contributed by atoms with Crippen molar-refractivity contribution in [3.63, 3.8) is 0 Å². The van der Waals surface area contributed by atoms with Gasteiger partial charge >= 0.3 is 0 Å². The highest BCUT2D eigenvalue weighted by Crippen LogP contribution is 2.00. The van der Waals surface area contributed by atoms with Crippen LogP contribution in [0.4, 0.5) is 0 Å². The van der Waals surface area contributed by atoms with Crippen LogP contribution in [-0.4, -0.2) is 30.2 Å². The summed E-state index contributed by atoms with van der Waals surface area (Å²) < 4.78 is 4.57. The standard InChI is InChI=1S/C8H11N3O2/c12-8(7-2-4-13-11-7)10-6-1-3-9-5-6/h2,4,6,9H,1,3,5H2,(H,10,12)/t6-/m0/s1. The van der Waals surface area contributed by atoms with Crippen LogP contribution in [-0.2, 0) is 0 Å². The minimum absolute atomic E-state index is 0.164. The minimum atomic E-state index is -0.164. The second-order valence-electron chi connectivity index (χ2n) is 3.05. The third-order valence-corrected chi connectivity index (χ3v) is 2.07. The van der Waals surface area contributed by atoms with Gasteiger partial charge in [-0.2, -0.15) is 0 Å². The molecule has 2 rings (SSSR count). The summed E-state index contributed by atoms with van der Waals surface area (Å²) in [5.74, 6) is -0.164. The van der Waals surface area contributed by atoms with Gasteiger partial charge in [0.2, 0.25) is 0 Å². The topological polar surface area (TPSA) is 67.2 Å². The van der Waals surface area contributed by atoms with Crippen molar-refractivity contribution in [2.45, 2.75) is 12.5 Å². The Hall–Kier alpha value is -1.36. The van der Waals surface area contributed by atoms with Crippen molar-refractivity contribution < 1.29 is 9.32 Å². The molecule has 1 aliphatic rings. The fourth-order valence-corrected chi connectivity index (χ4v) is 1.37. The lowest BCUT2D eigenvalue weighted by molar-refractivity contribution is 0.0931. The Kier molecular flexibility index (Phi) is 2.27. The number of amides is 1. The molecule has 0 aromatic carbocycles. The molecule has 0 unspecified atom stereocenters. The van der Waals surface area contributed by atoms with E-state index in [1.54, 1.807) is 6.07 Å². The number of carbonyl (C=O) groups excluding carboxylic acids is 1. The van der Waals surface area contributed by atoms with E-state index in [0.29, 0.717) is 5.69 Å². The molecule has 5 nitrogen and oxygen atoms in total. The zero-order valence-corrected chi connectivity index (χ0v) is 7.12. The monoisotopic (exact) mass is 181 g/mol. The van der Waals surface area contributed by atoms with Crippen LogP contribution in [0, 0.1) is 0 Å². The lowest BCUT2D eigenvalue weighted by atomic mass is 10.2. The number of rotatable bonds is 2. The molecular weight excluding hydrogens is 170 g/mol. The van der Waals surface area contributed by atoms with Gasteiger partial charge in [0, 0.05) is 18.7 Å². The van der Waals surface area contributed by atoms with E-state index in [4.69, 9.17) is 0 Å². The lowest BCUT2D eigenvalue weighted by Gasteiger charge is -2.08. The van der Waals surface area contributed by atoms with E-state index in [1.165, 1.54) is 6.26 Å². The average Bonchev–Trinajstić information content (AvgIpc) is 2.74. The van der Waals surface area contributed by atoms with Crippen LogP contribution in [0.5, 0.6) is 0 Å². The zero-order valence-electron chi connectivity index (χ0n) is 7.12. The Morgan fingerprint density at radius 2 is 2.69 bits per heavy atom. The molecule has 70 valence electrons. The van der Waals surface area contributed by atoms with Crippen LogP contribution in [0.15, 0.2) is 16.9 Å². The molecule has 13 heavy (non-hydrogen) atoms. The molecule has 0 saturated carbocycles. The van der Waals surface area contributed by atoms with Gasteiger partial charge in [-0.05, 0) is 13.0 Å². The first-order valence-electron chi connectivity index (χ1n) is 4.28. The van der Waals surface area contributed by atoms with Crippen LogP contribution < -0.4 is 10.6 Å². The maximum absolute atomic E-state index is 11.4. The largest absolute Gasteiger partial charge is 0.364 e. The van der Waals surface area contributed by atoms with Crippen LogP contribution in [0.2, 0.25) is 0 Å². The summed E-state index contributed by atoms with van der Waals surface area (Å²) in [5.41, 5.74) is 0.340. The van der Waals surface area contributed by atoms with Gasteiger partial charge < -0.3 is 15.2 Å². The number of aromatic nitrogens is 1. The Balaban J connectivity index is 1.91. The van der Waals surface area contributed by atoms with Crippen LogP contribution in [0.1, 0.15) is 16.9 Å². The van der Waals surface area contributed by atoms with Gasteiger partial charge in [-0.15, -0.1) is 0 Å². The normalized spacial score (nSPS) is 21.7. The second kappa shape index (κ2) is 3.57. The average molecular weight is 181 g/mol. The molecule has 1 aromatic rings. The molecule has 1 aromatic heterocycles. The minimum Gasteiger partial charge on any atom is -0.364 e. The molecule has 0 radical (unpaired) electrons. The van der Waals surface area contributed by atoms with Crippen molar-refractivity contribution >= 4 is 5.91 Å². The van der Waals surface area contributed by atoms with Gasteiger partial charge in [-0.3, -0.25) is 4.79 Å². The highest BCUT2D eigenvalue weighted by Gasteiger charge is 2.18. The molecule has 1 aliphatic heterocycles. The molecule has 2 heterocycles. The van der Waals surface area contributed by atoms with E-state index in [2.05, 4.69) is 20.3 Å². The summed E-state index contributed by atoms with van der Waals surface area (Å²) >= 11 is 0. The van der Waals surface area contributed by atoms with Crippen LogP contribution in [0.25, 0.3) is 0 Å². The SMILES string of the molecule is O=C(N[C@H]1CCNC1)c1ccon1. The summed E-state index contributed by atoms with van der Waals surface area (Å²) in [6, 6.07) is 1.78. The van der Waals surface area contributed by atoms with Gasteiger partial charge in [-0.1, -0.05) is 5.16 Å². The van der Waals surface area contributed by atoms with Crippen molar-refractivity contribution in [1.29, 1.82) is 0 Å². The first-order valence-corrected chi connectivity index (χ1v) is 4.28. The lowest BCUT2D eigenvalue weighted by Crippen LogP contribution is -2.36. The number of hydrogen-bond donors (Lipinski definition) is 2. The zero-order chi connectivity index (χ0) is 9.10. The molecule has 0 spiro atoms. The first-order chi connectivity index (χ1) is 6.36. The summed E-state index contributed by atoms with van der Waals surface area (Å²) in [4.78, 5) is 11.4. The third-order valence-electron chi connectivity index (χ3n) is 2.07. The predicted octanol–water partition coefficient (Wildman–Crippen LogP) is -0.234. The van der Waals surface area contributed by atoms with E-state index in [0.717, 1.165) is 19.5 Å². The van der Waals surface area contributed by atoms with Crippen LogP contribution >= 0.6 is 0 Å².